The fraction of sp³-hybridized carbons (Fsp3) is 0.458. The molecule has 198 valence electrons. The normalized spacial score (nSPS) is 15.7. The van der Waals surface area contributed by atoms with Gasteiger partial charge in [-0.1, -0.05) is 6.07 Å². The minimum atomic E-state index is -4.47. The van der Waals surface area contributed by atoms with Crippen molar-refractivity contribution < 1.29 is 36.9 Å². The molecule has 0 amide bonds. The minimum absolute atomic E-state index is 0.185. The molecule has 0 spiro atoms. The molecule has 2 aliphatic heterocycles. The molecule has 1 saturated heterocycles. The summed E-state index contributed by atoms with van der Waals surface area (Å²) in [6.07, 6.45) is -3.80. The Bertz CT molecular complexity index is 1280. The summed E-state index contributed by atoms with van der Waals surface area (Å²) < 4.78 is 61.2. The average molecular weight is 539 g/mol. The standard InChI is InChI=1S/C24H25F3N4O5S/c1-2-33-23(32)36-15-6-9-31(10-7-15)22-29-20(16-12-19(24(25,26)27)37-21(16)30-22)28-8-5-14-3-4-17-18(11-14)35-13-34-17/h3-4,11-12,15H,2,5-10,13H2,1H3,(H,28,29,30). The van der Waals surface area contributed by atoms with Crippen LogP contribution in [-0.4, -0.2) is 55.3 Å². The molecule has 1 fully saturated rings. The molecular weight excluding hydrogens is 513 g/mol. The predicted molar refractivity (Wildman–Crippen MR) is 131 cm³/mol. The second kappa shape index (κ2) is 10.5. The molecule has 37 heavy (non-hydrogen) atoms. The maximum absolute atomic E-state index is 13.5. The van der Waals surface area contributed by atoms with E-state index in [4.69, 9.17) is 18.9 Å². The Balaban J connectivity index is 1.32. The molecule has 9 nitrogen and oxygen atoms in total. The molecule has 2 aliphatic rings. The van der Waals surface area contributed by atoms with Crippen LogP contribution in [0.25, 0.3) is 10.2 Å². The molecule has 0 unspecified atom stereocenters. The Morgan fingerprint density at radius 3 is 2.73 bits per heavy atom. The fourth-order valence-electron chi connectivity index (χ4n) is 4.21. The molecule has 2 aromatic heterocycles. The third-order valence-corrected chi connectivity index (χ3v) is 7.13. The predicted octanol–water partition coefficient (Wildman–Crippen LogP) is 5.24. The van der Waals surface area contributed by atoms with E-state index in [9.17, 15) is 18.0 Å². The Morgan fingerprint density at radius 2 is 1.97 bits per heavy atom. The van der Waals surface area contributed by atoms with Crippen LogP contribution in [0.3, 0.4) is 0 Å². The minimum Gasteiger partial charge on any atom is -0.454 e. The summed E-state index contributed by atoms with van der Waals surface area (Å²) in [6, 6.07) is 6.74. The van der Waals surface area contributed by atoms with Gasteiger partial charge in [-0.05, 0) is 37.1 Å². The zero-order chi connectivity index (χ0) is 26.0. The van der Waals surface area contributed by atoms with Crippen LogP contribution in [0.4, 0.5) is 29.7 Å². The number of anilines is 2. The number of hydrogen-bond acceptors (Lipinski definition) is 10. The summed E-state index contributed by atoms with van der Waals surface area (Å²) in [5.74, 6) is 2.04. The van der Waals surface area contributed by atoms with E-state index in [1.807, 2.05) is 23.1 Å². The van der Waals surface area contributed by atoms with Crippen LogP contribution in [0.1, 0.15) is 30.2 Å². The molecule has 0 aliphatic carbocycles. The van der Waals surface area contributed by atoms with Crippen molar-refractivity contribution in [2.24, 2.45) is 0 Å². The van der Waals surface area contributed by atoms with Gasteiger partial charge in [0, 0.05) is 32.5 Å². The molecular formula is C24H25F3N4O5S. The summed E-state index contributed by atoms with van der Waals surface area (Å²) in [5.41, 5.74) is 0.993. The summed E-state index contributed by atoms with van der Waals surface area (Å²) in [4.78, 5) is 22.1. The average Bonchev–Trinajstić information content (AvgIpc) is 3.51. The number of piperidine rings is 1. The molecule has 4 heterocycles. The third-order valence-electron chi connectivity index (χ3n) is 6.05. The van der Waals surface area contributed by atoms with E-state index in [1.165, 1.54) is 0 Å². The van der Waals surface area contributed by atoms with Crippen LogP contribution in [0.15, 0.2) is 24.3 Å². The van der Waals surface area contributed by atoms with Gasteiger partial charge in [-0.3, -0.25) is 0 Å². The van der Waals surface area contributed by atoms with Gasteiger partial charge in [-0.15, -0.1) is 11.3 Å². The topological polar surface area (TPSA) is 95.0 Å². The van der Waals surface area contributed by atoms with Crippen LogP contribution < -0.4 is 19.7 Å². The van der Waals surface area contributed by atoms with Crippen LogP contribution in [0.5, 0.6) is 11.5 Å². The van der Waals surface area contributed by atoms with E-state index in [-0.39, 0.29) is 24.3 Å². The Hall–Kier alpha value is -3.48. The number of benzene rings is 1. The van der Waals surface area contributed by atoms with Crippen molar-refractivity contribution in [1.29, 1.82) is 0 Å². The zero-order valence-corrected chi connectivity index (χ0v) is 20.8. The first-order valence-corrected chi connectivity index (χ1v) is 12.7. The Kier molecular flexibility index (Phi) is 7.13. The number of fused-ring (bicyclic) bond motifs is 2. The number of aromatic nitrogens is 2. The molecule has 5 rings (SSSR count). The highest BCUT2D eigenvalue weighted by atomic mass is 32.1. The lowest BCUT2D eigenvalue weighted by Crippen LogP contribution is -2.39. The zero-order valence-electron chi connectivity index (χ0n) is 20.0. The van der Waals surface area contributed by atoms with Gasteiger partial charge >= 0.3 is 12.3 Å². The number of ether oxygens (including phenoxy) is 4. The molecule has 1 N–H and O–H groups in total. The van der Waals surface area contributed by atoms with Crippen LogP contribution in [-0.2, 0) is 22.1 Å². The van der Waals surface area contributed by atoms with Crippen LogP contribution >= 0.6 is 11.3 Å². The van der Waals surface area contributed by atoms with Gasteiger partial charge in [0.25, 0.3) is 0 Å². The fourth-order valence-corrected chi connectivity index (χ4v) is 5.10. The number of rotatable bonds is 7. The van der Waals surface area contributed by atoms with Gasteiger partial charge in [0.2, 0.25) is 12.7 Å². The SMILES string of the molecule is CCOC(=O)OC1CCN(c2nc(NCCc3ccc4c(c3)OCO4)c3cc(C(F)(F)F)sc3n2)CC1. The molecule has 1 aromatic carbocycles. The smallest absolute Gasteiger partial charge is 0.454 e. The van der Waals surface area contributed by atoms with E-state index in [2.05, 4.69) is 15.3 Å². The number of carbonyl (C=O) groups excluding carboxylic acids is 1. The van der Waals surface area contributed by atoms with E-state index in [1.54, 1.807) is 6.92 Å². The largest absolute Gasteiger partial charge is 0.508 e. The van der Waals surface area contributed by atoms with E-state index < -0.39 is 17.2 Å². The van der Waals surface area contributed by atoms with Gasteiger partial charge in [-0.25, -0.2) is 9.78 Å². The lowest BCUT2D eigenvalue weighted by atomic mass is 10.1. The first kappa shape index (κ1) is 25.2. The maximum Gasteiger partial charge on any atom is 0.508 e. The number of hydrogen-bond donors (Lipinski definition) is 1. The molecule has 0 bridgehead atoms. The Labute approximate surface area is 214 Å². The summed E-state index contributed by atoms with van der Waals surface area (Å²) in [7, 11) is 0. The number of halogens is 3. The van der Waals surface area contributed by atoms with Crippen molar-refractivity contribution in [3.8, 4) is 11.5 Å². The monoisotopic (exact) mass is 538 g/mol. The second-order valence-corrected chi connectivity index (χ2v) is 9.58. The van der Waals surface area contributed by atoms with E-state index >= 15 is 0 Å². The maximum atomic E-state index is 13.5. The summed E-state index contributed by atoms with van der Waals surface area (Å²) in [5, 5.41) is 3.53. The van der Waals surface area contributed by atoms with Crippen molar-refractivity contribution >= 4 is 39.5 Å². The van der Waals surface area contributed by atoms with Gasteiger partial charge in [0.1, 0.15) is 21.6 Å². The van der Waals surface area contributed by atoms with Crippen molar-refractivity contribution in [3.05, 3.63) is 34.7 Å². The molecule has 0 saturated carbocycles. The molecule has 3 aromatic rings. The number of nitrogens with zero attached hydrogens (tertiary/aromatic N) is 3. The molecule has 13 heteroatoms. The number of carbonyl (C=O) groups is 1. The van der Waals surface area contributed by atoms with Gasteiger partial charge < -0.3 is 29.2 Å². The lowest BCUT2D eigenvalue weighted by molar-refractivity contribution is -0.134. The Morgan fingerprint density at radius 1 is 1.19 bits per heavy atom. The second-order valence-electron chi connectivity index (χ2n) is 8.55. The molecule has 0 radical (unpaired) electrons. The van der Waals surface area contributed by atoms with E-state index in [0.29, 0.717) is 78.9 Å². The molecule has 0 atom stereocenters. The number of thiophene rings is 1. The highest BCUT2D eigenvalue weighted by molar-refractivity contribution is 7.18. The number of alkyl halides is 3. The summed E-state index contributed by atoms with van der Waals surface area (Å²) in [6.45, 7) is 3.54. The van der Waals surface area contributed by atoms with Crippen molar-refractivity contribution in [1.82, 2.24) is 9.97 Å². The van der Waals surface area contributed by atoms with Gasteiger partial charge in [0.15, 0.2) is 11.5 Å². The van der Waals surface area contributed by atoms with Crippen molar-refractivity contribution in [2.75, 3.05) is 43.3 Å². The summed E-state index contributed by atoms with van der Waals surface area (Å²) >= 11 is 0.595. The van der Waals surface area contributed by atoms with Gasteiger partial charge in [0.05, 0.1) is 12.0 Å². The van der Waals surface area contributed by atoms with E-state index in [0.717, 1.165) is 11.6 Å². The van der Waals surface area contributed by atoms with Crippen LogP contribution in [0, 0.1) is 0 Å². The lowest BCUT2D eigenvalue weighted by Gasteiger charge is -2.31. The first-order chi connectivity index (χ1) is 17.8. The third kappa shape index (κ3) is 5.76. The number of nitrogens with one attached hydrogen (secondary N) is 1. The van der Waals surface area contributed by atoms with Crippen molar-refractivity contribution in [2.45, 2.75) is 38.5 Å². The first-order valence-electron chi connectivity index (χ1n) is 11.9. The quantitative estimate of drug-likeness (QED) is 0.406. The van der Waals surface area contributed by atoms with Crippen LogP contribution in [0.2, 0.25) is 0 Å². The van der Waals surface area contributed by atoms with Gasteiger partial charge in [-0.2, -0.15) is 18.2 Å². The highest BCUT2D eigenvalue weighted by Gasteiger charge is 2.34. The van der Waals surface area contributed by atoms with Crippen molar-refractivity contribution in [3.63, 3.8) is 0 Å². The highest BCUT2D eigenvalue weighted by Crippen LogP contribution is 2.40.